The van der Waals surface area contributed by atoms with Gasteiger partial charge in [-0.25, -0.2) is 26.3 Å². The Hall–Kier alpha value is -0.960. The molecule has 0 aliphatic carbocycles. The minimum atomic E-state index is -3.49. The van der Waals surface area contributed by atoms with Gasteiger partial charge in [0, 0.05) is 6.54 Å². The Morgan fingerprint density at radius 3 is 1.96 bits per heavy atom. The molecule has 0 bridgehead atoms. The summed E-state index contributed by atoms with van der Waals surface area (Å²) < 4.78 is 50.7. The first-order chi connectivity index (χ1) is 10.5. The zero-order chi connectivity index (χ0) is 17.7. The largest absolute Gasteiger partial charge is 0.218 e. The van der Waals surface area contributed by atoms with E-state index < -0.39 is 20.0 Å². The molecule has 0 amide bonds. The average Bonchev–Trinajstić information content (AvgIpc) is 2.44. The van der Waals surface area contributed by atoms with Crippen LogP contribution in [0.2, 0.25) is 0 Å². The van der Waals surface area contributed by atoms with E-state index in [9.17, 15) is 16.8 Å². The molecule has 8 heteroatoms. The van der Waals surface area contributed by atoms with Gasteiger partial charge >= 0.3 is 0 Å². The minimum Gasteiger partial charge on any atom is -0.218 e. The fourth-order valence-corrected chi connectivity index (χ4v) is 3.70. The van der Waals surface area contributed by atoms with Crippen molar-refractivity contribution in [1.82, 2.24) is 9.44 Å². The summed E-state index contributed by atoms with van der Waals surface area (Å²) in [6, 6.07) is 7.88. The topological polar surface area (TPSA) is 92.3 Å². The zero-order valence-corrected chi connectivity index (χ0v) is 15.7. The summed E-state index contributed by atoms with van der Waals surface area (Å²) in [4.78, 5) is 0. The lowest BCUT2D eigenvalue weighted by Crippen LogP contribution is -2.34. The van der Waals surface area contributed by atoms with Crippen molar-refractivity contribution in [3.8, 4) is 0 Å². The first-order valence-corrected chi connectivity index (χ1v) is 10.7. The molecule has 0 saturated heterocycles. The predicted octanol–water partition coefficient (Wildman–Crippen LogP) is 0.995. The SMILES string of the molecule is CNS(=O)(=O)CCNS(=O)(=O)CCc1ccc(C(C)(C)C)cc1. The van der Waals surface area contributed by atoms with Crippen molar-refractivity contribution in [2.24, 2.45) is 0 Å². The number of sulfonamides is 2. The number of hydrogen-bond acceptors (Lipinski definition) is 4. The van der Waals surface area contributed by atoms with E-state index in [2.05, 4.69) is 30.2 Å². The maximum Gasteiger partial charge on any atom is 0.212 e. The molecule has 0 saturated carbocycles. The maximum absolute atomic E-state index is 11.9. The number of aryl methyl sites for hydroxylation is 1. The minimum absolute atomic E-state index is 0.0605. The van der Waals surface area contributed by atoms with Crippen LogP contribution in [0.15, 0.2) is 24.3 Å². The summed E-state index contributed by atoms with van der Waals surface area (Å²) in [5.41, 5.74) is 2.19. The van der Waals surface area contributed by atoms with Gasteiger partial charge in [0.25, 0.3) is 0 Å². The van der Waals surface area contributed by atoms with Gasteiger partial charge in [0.15, 0.2) is 0 Å². The van der Waals surface area contributed by atoms with Crippen LogP contribution in [-0.2, 0) is 31.9 Å². The van der Waals surface area contributed by atoms with Gasteiger partial charge in [0.2, 0.25) is 20.0 Å². The number of benzene rings is 1. The van der Waals surface area contributed by atoms with E-state index in [1.807, 2.05) is 24.3 Å². The van der Waals surface area contributed by atoms with E-state index in [1.165, 1.54) is 12.6 Å². The van der Waals surface area contributed by atoms with Crippen molar-refractivity contribution in [2.45, 2.75) is 32.6 Å². The van der Waals surface area contributed by atoms with Gasteiger partial charge in [0.05, 0.1) is 11.5 Å². The highest BCUT2D eigenvalue weighted by molar-refractivity contribution is 7.90. The van der Waals surface area contributed by atoms with Crippen LogP contribution in [0.25, 0.3) is 0 Å². The predicted molar refractivity (Wildman–Crippen MR) is 93.5 cm³/mol. The van der Waals surface area contributed by atoms with Gasteiger partial charge in [-0.05, 0) is 30.0 Å². The molecule has 132 valence electrons. The molecule has 0 spiro atoms. The lowest BCUT2D eigenvalue weighted by molar-refractivity contribution is 0.577. The van der Waals surface area contributed by atoms with E-state index >= 15 is 0 Å². The zero-order valence-electron chi connectivity index (χ0n) is 14.1. The molecule has 0 aromatic heterocycles. The Morgan fingerprint density at radius 1 is 0.913 bits per heavy atom. The Bertz CT molecular complexity index is 703. The molecule has 0 radical (unpaired) electrons. The third-order valence-electron chi connectivity index (χ3n) is 3.48. The smallest absolute Gasteiger partial charge is 0.212 e. The van der Waals surface area contributed by atoms with Crippen LogP contribution in [0.5, 0.6) is 0 Å². The second-order valence-corrected chi connectivity index (χ2v) is 10.4. The molecule has 0 aliphatic heterocycles. The highest BCUT2D eigenvalue weighted by Crippen LogP contribution is 2.22. The van der Waals surface area contributed by atoms with Gasteiger partial charge in [-0.3, -0.25) is 0 Å². The van der Waals surface area contributed by atoms with E-state index in [4.69, 9.17) is 0 Å². The normalized spacial score (nSPS) is 13.2. The van der Waals surface area contributed by atoms with Crippen molar-refractivity contribution >= 4 is 20.0 Å². The molecule has 23 heavy (non-hydrogen) atoms. The van der Waals surface area contributed by atoms with Crippen LogP contribution in [0.4, 0.5) is 0 Å². The van der Waals surface area contributed by atoms with Crippen LogP contribution in [-0.4, -0.2) is 41.9 Å². The van der Waals surface area contributed by atoms with Crippen molar-refractivity contribution in [2.75, 3.05) is 25.1 Å². The highest BCUT2D eigenvalue weighted by Gasteiger charge is 2.15. The third kappa shape index (κ3) is 7.43. The van der Waals surface area contributed by atoms with Gasteiger partial charge < -0.3 is 0 Å². The third-order valence-corrected chi connectivity index (χ3v) is 6.23. The molecule has 0 unspecified atom stereocenters. The maximum atomic E-state index is 11.9. The Labute approximate surface area is 139 Å². The van der Waals surface area contributed by atoms with Crippen LogP contribution in [0, 0.1) is 0 Å². The molecule has 2 N–H and O–H groups in total. The molecule has 0 aliphatic rings. The Morgan fingerprint density at radius 2 is 1.48 bits per heavy atom. The first-order valence-electron chi connectivity index (χ1n) is 7.43. The van der Waals surface area contributed by atoms with Gasteiger partial charge in [0.1, 0.15) is 0 Å². The van der Waals surface area contributed by atoms with Crippen molar-refractivity contribution in [3.63, 3.8) is 0 Å². The van der Waals surface area contributed by atoms with Crippen molar-refractivity contribution in [3.05, 3.63) is 35.4 Å². The molecule has 0 atom stereocenters. The van der Waals surface area contributed by atoms with E-state index in [0.717, 1.165) is 5.56 Å². The lowest BCUT2D eigenvalue weighted by Gasteiger charge is -2.19. The quantitative estimate of drug-likeness (QED) is 0.721. The second kappa shape index (κ2) is 7.74. The van der Waals surface area contributed by atoms with E-state index in [-0.39, 0.29) is 23.5 Å². The van der Waals surface area contributed by atoms with Gasteiger partial charge in [-0.2, -0.15) is 0 Å². The summed E-state index contributed by atoms with van der Waals surface area (Å²) in [6.07, 6.45) is 0.387. The monoisotopic (exact) mass is 362 g/mol. The molecule has 1 rings (SSSR count). The van der Waals surface area contributed by atoms with Gasteiger partial charge in [-0.15, -0.1) is 0 Å². The van der Waals surface area contributed by atoms with Crippen LogP contribution < -0.4 is 9.44 Å². The molecular formula is C15H26N2O4S2. The Kier molecular flexibility index (Phi) is 6.76. The summed E-state index contributed by atoms with van der Waals surface area (Å²) in [6.45, 7) is 6.23. The first kappa shape index (κ1) is 20.1. The second-order valence-electron chi connectivity index (χ2n) is 6.43. The van der Waals surface area contributed by atoms with Gasteiger partial charge in [-0.1, -0.05) is 45.0 Å². The molecule has 1 aromatic carbocycles. The fourth-order valence-electron chi connectivity index (χ4n) is 1.93. The van der Waals surface area contributed by atoms with Crippen LogP contribution >= 0.6 is 0 Å². The lowest BCUT2D eigenvalue weighted by atomic mass is 9.86. The van der Waals surface area contributed by atoms with Crippen LogP contribution in [0.1, 0.15) is 31.9 Å². The molecular weight excluding hydrogens is 336 g/mol. The highest BCUT2D eigenvalue weighted by atomic mass is 32.2. The Balaban J connectivity index is 2.53. The van der Waals surface area contributed by atoms with E-state index in [0.29, 0.717) is 6.42 Å². The fraction of sp³-hybridized carbons (Fsp3) is 0.600. The summed E-state index contributed by atoms with van der Waals surface area (Å²) in [5.74, 6) is -0.343. The summed E-state index contributed by atoms with van der Waals surface area (Å²) in [7, 11) is -5.60. The molecule has 1 aromatic rings. The van der Waals surface area contributed by atoms with Crippen LogP contribution in [0.3, 0.4) is 0 Å². The van der Waals surface area contributed by atoms with Crippen molar-refractivity contribution < 1.29 is 16.8 Å². The number of nitrogens with one attached hydrogen (secondary N) is 2. The number of hydrogen-bond donors (Lipinski definition) is 2. The van der Waals surface area contributed by atoms with Crippen molar-refractivity contribution in [1.29, 1.82) is 0 Å². The number of rotatable bonds is 8. The summed E-state index contributed by atoms with van der Waals surface area (Å²) >= 11 is 0. The standard InChI is InChI=1S/C15H26N2O4S2/c1-15(2,3)14-7-5-13(6-8-14)9-11-23(20,21)17-10-12-22(18,19)16-4/h5-8,16-17H,9-12H2,1-4H3. The molecule has 6 nitrogen and oxygen atoms in total. The summed E-state index contributed by atoms with van der Waals surface area (Å²) in [5, 5.41) is 0. The molecule has 0 fully saturated rings. The average molecular weight is 363 g/mol. The van der Waals surface area contributed by atoms with E-state index in [1.54, 1.807) is 0 Å². The molecule has 0 heterocycles.